The molecule has 1 amide bonds. The number of nitrogens with one attached hydrogen (secondary N) is 1. The van der Waals surface area contributed by atoms with Crippen LogP contribution in [0, 0.1) is 11.8 Å². The second-order valence-electron chi connectivity index (χ2n) is 4.36. The molecule has 0 bridgehead atoms. The van der Waals surface area contributed by atoms with E-state index in [1.807, 2.05) is 6.92 Å². The standard InChI is InChI=1S/C15H19NO3S/c1-12(20(2)19)9-10-16-15(18)14-8-4-3-6-13(14)7-5-11-17/h3-4,6,8,12,17H,9-11H2,1-2H3,(H,16,18). The minimum absolute atomic E-state index is 0.0553. The van der Waals surface area contributed by atoms with E-state index in [9.17, 15) is 9.00 Å². The van der Waals surface area contributed by atoms with E-state index in [4.69, 9.17) is 5.11 Å². The predicted octanol–water partition coefficient (Wildman–Crippen LogP) is 0.917. The Morgan fingerprint density at radius 1 is 1.45 bits per heavy atom. The van der Waals surface area contributed by atoms with Crippen molar-refractivity contribution < 1.29 is 14.1 Å². The summed E-state index contributed by atoms with van der Waals surface area (Å²) in [5.41, 5.74) is 1.07. The lowest BCUT2D eigenvalue weighted by Crippen LogP contribution is -2.28. The van der Waals surface area contributed by atoms with Gasteiger partial charge in [-0.1, -0.05) is 30.9 Å². The summed E-state index contributed by atoms with van der Waals surface area (Å²) in [7, 11) is -0.880. The summed E-state index contributed by atoms with van der Waals surface area (Å²) in [6.45, 7) is 2.13. The average molecular weight is 293 g/mol. The molecule has 1 aromatic rings. The molecule has 2 unspecified atom stereocenters. The smallest absolute Gasteiger partial charge is 0.252 e. The molecule has 2 N–H and O–H groups in total. The Morgan fingerprint density at radius 2 is 2.15 bits per heavy atom. The monoisotopic (exact) mass is 293 g/mol. The van der Waals surface area contributed by atoms with Crippen molar-refractivity contribution in [1.29, 1.82) is 0 Å². The van der Waals surface area contributed by atoms with Gasteiger partial charge in [-0.2, -0.15) is 0 Å². The first-order valence-electron chi connectivity index (χ1n) is 6.35. The molecule has 0 aromatic heterocycles. The number of carbonyl (C=O) groups is 1. The van der Waals surface area contributed by atoms with Crippen LogP contribution in [0.15, 0.2) is 24.3 Å². The lowest BCUT2D eigenvalue weighted by atomic mass is 10.1. The molecule has 0 saturated heterocycles. The van der Waals surface area contributed by atoms with Gasteiger partial charge in [-0.05, 0) is 18.6 Å². The highest BCUT2D eigenvalue weighted by Gasteiger charge is 2.10. The van der Waals surface area contributed by atoms with E-state index in [0.29, 0.717) is 24.1 Å². The molecule has 0 aliphatic carbocycles. The first kappa shape index (κ1) is 16.4. The lowest BCUT2D eigenvalue weighted by molar-refractivity contribution is 0.0953. The molecule has 0 saturated carbocycles. The summed E-state index contributed by atoms with van der Waals surface area (Å²) in [6.07, 6.45) is 2.33. The first-order chi connectivity index (χ1) is 9.56. The fraction of sp³-hybridized carbons (Fsp3) is 0.400. The van der Waals surface area contributed by atoms with E-state index in [1.165, 1.54) is 0 Å². The van der Waals surface area contributed by atoms with E-state index in [1.54, 1.807) is 30.5 Å². The molecule has 20 heavy (non-hydrogen) atoms. The summed E-state index contributed by atoms with van der Waals surface area (Å²) >= 11 is 0. The normalized spacial score (nSPS) is 12.9. The predicted molar refractivity (Wildman–Crippen MR) is 80.9 cm³/mol. The highest BCUT2D eigenvalue weighted by molar-refractivity contribution is 7.84. The summed E-state index contributed by atoms with van der Waals surface area (Å²) in [5, 5.41) is 11.6. The molecule has 1 aromatic carbocycles. The van der Waals surface area contributed by atoms with Gasteiger partial charge in [0.05, 0.1) is 5.56 Å². The molecule has 1 rings (SSSR count). The minimum Gasteiger partial charge on any atom is -0.384 e. The average Bonchev–Trinajstić information content (AvgIpc) is 2.45. The largest absolute Gasteiger partial charge is 0.384 e. The van der Waals surface area contributed by atoms with Gasteiger partial charge in [0, 0.05) is 34.4 Å². The Kier molecular flexibility index (Phi) is 6.99. The number of aliphatic hydroxyl groups is 1. The molecule has 0 spiro atoms. The van der Waals surface area contributed by atoms with Crippen LogP contribution in [0.1, 0.15) is 29.3 Å². The van der Waals surface area contributed by atoms with Gasteiger partial charge < -0.3 is 10.4 Å². The number of amides is 1. The Balaban J connectivity index is 2.66. The Morgan fingerprint density at radius 3 is 2.80 bits per heavy atom. The fourth-order valence-electron chi connectivity index (χ4n) is 1.58. The van der Waals surface area contributed by atoms with Crippen LogP contribution in [0.4, 0.5) is 0 Å². The molecule has 2 atom stereocenters. The lowest BCUT2D eigenvalue weighted by Gasteiger charge is -2.10. The third-order valence-corrected chi connectivity index (χ3v) is 4.25. The first-order valence-corrected chi connectivity index (χ1v) is 7.97. The Bertz CT molecular complexity index is 546. The number of hydrogen-bond acceptors (Lipinski definition) is 3. The van der Waals surface area contributed by atoms with Gasteiger partial charge in [0.15, 0.2) is 0 Å². The fourth-order valence-corrected chi connectivity index (χ4v) is 2.02. The van der Waals surface area contributed by atoms with Crippen LogP contribution in [0.5, 0.6) is 0 Å². The zero-order valence-corrected chi connectivity index (χ0v) is 12.5. The summed E-state index contributed by atoms with van der Waals surface area (Å²) in [5.74, 6) is 5.08. The zero-order chi connectivity index (χ0) is 15.0. The third-order valence-electron chi connectivity index (χ3n) is 2.88. The van der Waals surface area contributed by atoms with Crippen molar-refractivity contribution >= 4 is 16.7 Å². The van der Waals surface area contributed by atoms with Gasteiger partial charge in [-0.3, -0.25) is 9.00 Å². The molecule has 5 heteroatoms. The van der Waals surface area contributed by atoms with Crippen LogP contribution in [0.3, 0.4) is 0 Å². The highest BCUT2D eigenvalue weighted by Crippen LogP contribution is 2.07. The van der Waals surface area contributed by atoms with Crippen LogP contribution in [-0.2, 0) is 10.8 Å². The van der Waals surface area contributed by atoms with Crippen molar-refractivity contribution in [3.8, 4) is 11.8 Å². The van der Waals surface area contributed by atoms with Gasteiger partial charge in [-0.15, -0.1) is 0 Å². The molecule has 108 valence electrons. The topological polar surface area (TPSA) is 66.4 Å². The van der Waals surface area contributed by atoms with Gasteiger partial charge in [-0.25, -0.2) is 0 Å². The maximum atomic E-state index is 12.1. The van der Waals surface area contributed by atoms with Crippen LogP contribution in [0.2, 0.25) is 0 Å². The van der Waals surface area contributed by atoms with E-state index in [2.05, 4.69) is 17.2 Å². The zero-order valence-electron chi connectivity index (χ0n) is 11.7. The van der Waals surface area contributed by atoms with Crippen molar-refractivity contribution in [3.05, 3.63) is 35.4 Å². The molecule has 0 fully saturated rings. The molecule has 0 aliphatic heterocycles. The van der Waals surface area contributed by atoms with Crippen molar-refractivity contribution in [2.24, 2.45) is 0 Å². The number of rotatable bonds is 5. The molecular weight excluding hydrogens is 274 g/mol. The van der Waals surface area contributed by atoms with Crippen molar-refractivity contribution in [3.63, 3.8) is 0 Å². The van der Waals surface area contributed by atoms with Crippen LogP contribution in [-0.4, -0.2) is 39.9 Å². The SMILES string of the molecule is CC(CCNC(=O)c1ccccc1C#CCO)S(C)=O. The summed E-state index contributed by atoms with van der Waals surface area (Å²) < 4.78 is 11.2. The summed E-state index contributed by atoms with van der Waals surface area (Å²) in [4.78, 5) is 12.1. The van der Waals surface area contributed by atoms with E-state index in [-0.39, 0.29) is 17.8 Å². The van der Waals surface area contributed by atoms with Gasteiger partial charge in [0.25, 0.3) is 5.91 Å². The minimum atomic E-state index is -0.880. The third kappa shape index (κ3) is 5.16. The maximum Gasteiger partial charge on any atom is 0.252 e. The van der Waals surface area contributed by atoms with Gasteiger partial charge in [0.1, 0.15) is 6.61 Å². The number of aliphatic hydroxyl groups excluding tert-OH is 1. The van der Waals surface area contributed by atoms with E-state index in [0.717, 1.165) is 0 Å². The molecule has 0 aliphatic rings. The number of benzene rings is 1. The van der Waals surface area contributed by atoms with Crippen molar-refractivity contribution in [1.82, 2.24) is 5.32 Å². The van der Waals surface area contributed by atoms with E-state index < -0.39 is 10.8 Å². The molecule has 0 radical (unpaired) electrons. The maximum absolute atomic E-state index is 12.1. The van der Waals surface area contributed by atoms with Crippen LogP contribution >= 0.6 is 0 Å². The van der Waals surface area contributed by atoms with Crippen molar-refractivity contribution in [2.75, 3.05) is 19.4 Å². The second-order valence-corrected chi connectivity index (χ2v) is 6.16. The van der Waals surface area contributed by atoms with Gasteiger partial charge >= 0.3 is 0 Å². The number of hydrogen-bond donors (Lipinski definition) is 2. The molecule has 4 nitrogen and oxygen atoms in total. The second kappa shape index (κ2) is 8.51. The van der Waals surface area contributed by atoms with E-state index >= 15 is 0 Å². The van der Waals surface area contributed by atoms with Crippen molar-refractivity contribution in [2.45, 2.75) is 18.6 Å². The Hall–Kier alpha value is -1.64. The van der Waals surface area contributed by atoms with Crippen LogP contribution in [0.25, 0.3) is 0 Å². The number of carbonyl (C=O) groups excluding carboxylic acids is 1. The molecule has 0 heterocycles. The Labute approximate surface area is 122 Å². The molecular formula is C15H19NO3S. The summed E-state index contributed by atoms with van der Waals surface area (Å²) in [6, 6.07) is 6.99. The van der Waals surface area contributed by atoms with Crippen LogP contribution < -0.4 is 5.32 Å². The quantitative estimate of drug-likeness (QED) is 0.793. The van der Waals surface area contributed by atoms with Gasteiger partial charge in [0.2, 0.25) is 0 Å². The highest BCUT2D eigenvalue weighted by atomic mass is 32.2.